The molecule has 1 aliphatic carbocycles. The first-order chi connectivity index (χ1) is 21.3. The highest BCUT2D eigenvalue weighted by Gasteiger charge is 2.34. The first kappa shape index (κ1) is 31.3. The fourth-order valence-corrected chi connectivity index (χ4v) is 6.15. The molecule has 0 radical (unpaired) electrons. The van der Waals surface area contributed by atoms with Gasteiger partial charge in [0, 0.05) is 37.0 Å². The van der Waals surface area contributed by atoms with Gasteiger partial charge in [-0.1, -0.05) is 17.7 Å². The van der Waals surface area contributed by atoms with Crippen LogP contribution in [0.25, 0.3) is 10.9 Å². The molecular formula is C34H38ClN5O4. The average Bonchev–Trinajstić information content (AvgIpc) is 3.03. The molecule has 2 aromatic heterocycles. The van der Waals surface area contributed by atoms with Crippen LogP contribution in [0.15, 0.2) is 54.9 Å². The predicted octanol–water partition coefficient (Wildman–Crippen LogP) is 6.90. The predicted molar refractivity (Wildman–Crippen MR) is 173 cm³/mol. The second kappa shape index (κ2) is 14.1. The molecule has 0 saturated heterocycles. The highest BCUT2D eigenvalue weighted by molar-refractivity contribution is 6.33. The van der Waals surface area contributed by atoms with E-state index >= 15 is 0 Å². The molecule has 44 heavy (non-hydrogen) atoms. The summed E-state index contributed by atoms with van der Waals surface area (Å²) in [5.41, 5.74) is 4.95. The summed E-state index contributed by atoms with van der Waals surface area (Å²) in [6.07, 6.45) is 7.98. The standard InChI is InChI=1S/C34H38ClN5O4/c1-22-4-3-13-37-31(22)21-44-25-5-6-28(27(35)16-25)40-33-23(19-36)20-39-29-18-30(32(43-2)17-26(29)33)38-14-11-34(12-15-41)9-7-24(42)8-10-34/h3-6,13,16-18,20,24,38,41-42H,7-12,14-15,21H2,1-2H3,(H,39,40). The fraction of sp³-hybridized carbons (Fsp3) is 0.382. The zero-order valence-electron chi connectivity index (χ0n) is 25.1. The van der Waals surface area contributed by atoms with Gasteiger partial charge in [0.25, 0.3) is 0 Å². The van der Waals surface area contributed by atoms with Crippen LogP contribution in [-0.4, -0.2) is 46.5 Å². The van der Waals surface area contributed by atoms with Gasteiger partial charge in [0.1, 0.15) is 24.2 Å². The minimum Gasteiger partial charge on any atom is -0.495 e. The van der Waals surface area contributed by atoms with Crippen LogP contribution in [0, 0.1) is 23.7 Å². The number of methoxy groups -OCH3 is 1. The third kappa shape index (κ3) is 7.16. The van der Waals surface area contributed by atoms with Crippen LogP contribution < -0.4 is 20.1 Å². The molecule has 0 atom stereocenters. The number of benzene rings is 2. The fourth-order valence-electron chi connectivity index (χ4n) is 5.93. The van der Waals surface area contributed by atoms with Crippen LogP contribution in [0.5, 0.6) is 11.5 Å². The lowest BCUT2D eigenvalue weighted by molar-refractivity contribution is 0.0430. The molecule has 1 fully saturated rings. The third-order valence-electron chi connectivity index (χ3n) is 8.63. The molecule has 4 N–H and O–H groups in total. The van der Waals surface area contributed by atoms with Crippen LogP contribution in [0.3, 0.4) is 0 Å². The van der Waals surface area contributed by atoms with E-state index in [0.717, 1.165) is 55.5 Å². The van der Waals surface area contributed by atoms with Crippen LogP contribution in [0.1, 0.15) is 55.3 Å². The van der Waals surface area contributed by atoms with Gasteiger partial charge in [0.2, 0.25) is 0 Å². The molecule has 10 heteroatoms. The van der Waals surface area contributed by atoms with Gasteiger partial charge in [0.05, 0.1) is 52.1 Å². The topological polar surface area (TPSA) is 133 Å². The minimum atomic E-state index is -0.245. The van der Waals surface area contributed by atoms with Crippen molar-refractivity contribution in [2.75, 3.05) is 30.9 Å². The Bertz CT molecular complexity index is 1650. The first-order valence-corrected chi connectivity index (χ1v) is 15.3. The highest BCUT2D eigenvalue weighted by atomic mass is 35.5. The van der Waals surface area contributed by atoms with E-state index in [1.165, 1.54) is 0 Å². The summed E-state index contributed by atoms with van der Waals surface area (Å²) < 4.78 is 11.7. The summed E-state index contributed by atoms with van der Waals surface area (Å²) in [5, 5.41) is 37.6. The lowest BCUT2D eigenvalue weighted by atomic mass is 9.69. The van der Waals surface area contributed by atoms with Gasteiger partial charge >= 0.3 is 0 Å². The van der Waals surface area contributed by atoms with E-state index in [4.69, 9.17) is 21.1 Å². The number of hydrogen-bond donors (Lipinski definition) is 4. The first-order valence-electron chi connectivity index (χ1n) is 14.9. The lowest BCUT2D eigenvalue weighted by Gasteiger charge is -2.39. The molecule has 0 spiro atoms. The number of pyridine rings is 2. The molecule has 2 aromatic carbocycles. The second-order valence-electron chi connectivity index (χ2n) is 11.4. The van der Waals surface area contributed by atoms with Gasteiger partial charge < -0.3 is 30.3 Å². The molecule has 0 unspecified atom stereocenters. The zero-order chi connectivity index (χ0) is 31.1. The Labute approximate surface area is 262 Å². The van der Waals surface area contributed by atoms with Crippen LogP contribution in [0.4, 0.5) is 17.1 Å². The quantitative estimate of drug-likeness (QED) is 0.134. The maximum absolute atomic E-state index is 9.99. The maximum atomic E-state index is 9.99. The molecule has 0 bridgehead atoms. The Morgan fingerprint density at radius 1 is 1.11 bits per heavy atom. The number of halogens is 1. The minimum absolute atomic E-state index is 0.0132. The Hall–Kier alpha value is -4.10. The van der Waals surface area contributed by atoms with E-state index in [1.807, 2.05) is 43.3 Å². The Kier molecular flexibility index (Phi) is 10.1. The summed E-state index contributed by atoms with van der Waals surface area (Å²) in [6, 6.07) is 15.3. The number of aliphatic hydroxyl groups excluding tert-OH is 2. The largest absolute Gasteiger partial charge is 0.495 e. The maximum Gasteiger partial charge on any atom is 0.142 e. The van der Waals surface area contributed by atoms with Crippen molar-refractivity contribution in [2.24, 2.45) is 5.41 Å². The van der Waals surface area contributed by atoms with Gasteiger partial charge in [-0.3, -0.25) is 9.97 Å². The number of nitrogens with zero attached hydrogens (tertiary/aromatic N) is 3. The summed E-state index contributed by atoms with van der Waals surface area (Å²) >= 11 is 6.66. The highest BCUT2D eigenvalue weighted by Crippen LogP contribution is 2.43. The molecule has 230 valence electrons. The number of rotatable bonds is 12. The molecule has 2 heterocycles. The smallest absolute Gasteiger partial charge is 0.142 e. The van der Waals surface area contributed by atoms with Gasteiger partial charge in [-0.25, -0.2) is 0 Å². The lowest BCUT2D eigenvalue weighted by Crippen LogP contribution is -2.32. The number of aryl methyl sites for hydroxylation is 1. The van der Waals surface area contributed by atoms with Crippen LogP contribution in [0.2, 0.25) is 5.02 Å². The van der Waals surface area contributed by atoms with Gasteiger partial charge in [-0.15, -0.1) is 0 Å². The van der Waals surface area contributed by atoms with E-state index < -0.39 is 0 Å². The number of aliphatic hydroxyl groups is 2. The van der Waals surface area contributed by atoms with Gasteiger partial charge in [-0.05, 0) is 86.8 Å². The number of nitriles is 1. The Balaban J connectivity index is 1.35. The molecule has 0 aliphatic heterocycles. The Morgan fingerprint density at radius 2 is 1.93 bits per heavy atom. The van der Waals surface area contributed by atoms with Crippen LogP contribution in [-0.2, 0) is 6.61 Å². The number of aromatic nitrogens is 2. The van der Waals surface area contributed by atoms with Crippen LogP contribution >= 0.6 is 11.6 Å². The van der Waals surface area contributed by atoms with Gasteiger partial charge in [0.15, 0.2) is 0 Å². The van der Waals surface area contributed by atoms with Crippen molar-refractivity contribution in [3.63, 3.8) is 0 Å². The van der Waals surface area contributed by atoms with E-state index in [9.17, 15) is 15.5 Å². The molecule has 5 rings (SSSR count). The molecule has 1 aliphatic rings. The van der Waals surface area contributed by atoms with Crippen molar-refractivity contribution in [3.8, 4) is 17.6 Å². The van der Waals surface area contributed by atoms with E-state index in [1.54, 1.807) is 25.6 Å². The normalized spacial score (nSPS) is 18.0. The number of hydrogen-bond acceptors (Lipinski definition) is 9. The third-order valence-corrected chi connectivity index (χ3v) is 8.94. The Morgan fingerprint density at radius 3 is 2.64 bits per heavy atom. The molecular weight excluding hydrogens is 578 g/mol. The van der Waals surface area contributed by atoms with Crippen molar-refractivity contribution in [2.45, 2.75) is 58.2 Å². The zero-order valence-corrected chi connectivity index (χ0v) is 25.8. The summed E-state index contributed by atoms with van der Waals surface area (Å²) in [4.78, 5) is 8.93. The monoisotopic (exact) mass is 615 g/mol. The van der Waals surface area contributed by atoms with Crippen molar-refractivity contribution in [3.05, 3.63) is 76.7 Å². The summed E-state index contributed by atoms with van der Waals surface area (Å²) in [6.45, 7) is 3.14. The number of ether oxygens (including phenoxy) is 2. The second-order valence-corrected chi connectivity index (χ2v) is 11.8. The summed E-state index contributed by atoms with van der Waals surface area (Å²) in [7, 11) is 1.61. The van der Waals surface area contributed by atoms with E-state index in [-0.39, 0.29) is 18.1 Å². The van der Waals surface area contributed by atoms with Crippen molar-refractivity contribution >= 4 is 39.6 Å². The molecule has 9 nitrogen and oxygen atoms in total. The van der Waals surface area contributed by atoms with Crippen molar-refractivity contribution in [1.82, 2.24) is 9.97 Å². The molecule has 0 amide bonds. The van der Waals surface area contributed by atoms with Gasteiger partial charge in [-0.2, -0.15) is 5.26 Å². The SMILES string of the molecule is COc1cc2c(Nc3ccc(OCc4ncccc4C)cc3Cl)c(C#N)cnc2cc1NCCC1(CCO)CCC(O)CC1. The van der Waals surface area contributed by atoms with Crippen molar-refractivity contribution in [1.29, 1.82) is 5.26 Å². The van der Waals surface area contributed by atoms with E-state index in [2.05, 4.69) is 26.7 Å². The number of fused-ring (bicyclic) bond motifs is 1. The number of nitrogens with one attached hydrogen (secondary N) is 2. The van der Waals surface area contributed by atoms with Crippen molar-refractivity contribution < 1.29 is 19.7 Å². The molecule has 4 aromatic rings. The summed E-state index contributed by atoms with van der Waals surface area (Å²) in [5.74, 6) is 1.22. The van der Waals surface area contributed by atoms with E-state index in [0.29, 0.717) is 57.5 Å². The number of anilines is 3. The average molecular weight is 616 g/mol. The molecule has 1 saturated carbocycles.